The molecule has 0 radical (unpaired) electrons. The monoisotopic (exact) mass is 667 g/mol. The van der Waals surface area contributed by atoms with Crippen LogP contribution in [0, 0.1) is 5.92 Å². The molecule has 44 heavy (non-hydrogen) atoms. The Kier molecular flexibility index (Phi) is 14.0. The van der Waals surface area contributed by atoms with E-state index in [4.69, 9.17) is 11.6 Å². The highest BCUT2D eigenvalue weighted by atomic mass is 35.5. The molecule has 0 bridgehead atoms. The highest BCUT2D eigenvalue weighted by Crippen LogP contribution is 2.25. The Bertz CT molecular complexity index is 1270. The van der Waals surface area contributed by atoms with Crippen LogP contribution in [-0.4, -0.2) is 77.4 Å². The minimum atomic E-state index is -0.761. The summed E-state index contributed by atoms with van der Waals surface area (Å²) >= 11 is 6.11. The second kappa shape index (κ2) is 16.3. The first-order valence-electron chi connectivity index (χ1n) is 15.0. The number of carbonyl (C=O) groups excluding carboxylic acids is 3. The first-order chi connectivity index (χ1) is 19.8. The maximum Gasteiger partial charge on any atom is 0.245 e. The van der Waals surface area contributed by atoms with Crippen LogP contribution >= 0.6 is 36.4 Å². The van der Waals surface area contributed by atoms with Crippen molar-refractivity contribution in [3.63, 3.8) is 0 Å². The number of likely N-dealkylation sites (N-methyl/N-ethyl adjacent to an activating group) is 1. The molecule has 1 saturated heterocycles. The predicted molar refractivity (Wildman–Crippen MR) is 182 cm³/mol. The summed E-state index contributed by atoms with van der Waals surface area (Å²) in [5.41, 5.74) is 2.89. The largest absolute Gasteiger partial charge is 0.350 e. The van der Waals surface area contributed by atoms with E-state index in [1.807, 2.05) is 45.0 Å². The first kappa shape index (κ1) is 37.8. The Balaban J connectivity index is 0.00000337. The molecule has 0 spiro atoms. The molecule has 0 unspecified atom stereocenters. The van der Waals surface area contributed by atoms with Crippen LogP contribution in [0.5, 0.6) is 0 Å². The van der Waals surface area contributed by atoms with E-state index in [0.29, 0.717) is 43.3 Å². The zero-order valence-corrected chi connectivity index (χ0v) is 29.0. The number of nitrogens with zero attached hydrogens (tertiary/aromatic N) is 2. The summed E-state index contributed by atoms with van der Waals surface area (Å²) < 4.78 is 0. The number of amides is 3. The number of halogens is 3. The van der Waals surface area contributed by atoms with Crippen LogP contribution in [0.1, 0.15) is 57.7 Å². The minimum absolute atomic E-state index is 0. The summed E-state index contributed by atoms with van der Waals surface area (Å²) in [5.74, 6) is 0.00215. The molecule has 3 N–H and O–H groups in total. The molecular formula is C33H48Cl3N5O3. The van der Waals surface area contributed by atoms with Crippen molar-refractivity contribution >= 4 is 54.1 Å². The normalized spacial score (nSPS) is 20.5. The van der Waals surface area contributed by atoms with Crippen molar-refractivity contribution in [3.8, 4) is 0 Å². The average Bonchev–Trinajstić information content (AvgIpc) is 3.35. The van der Waals surface area contributed by atoms with Crippen LogP contribution in [0.25, 0.3) is 0 Å². The van der Waals surface area contributed by atoms with Crippen LogP contribution < -0.4 is 16.0 Å². The number of rotatable bonds is 9. The van der Waals surface area contributed by atoms with Gasteiger partial charge in [0.2, 0.25) is 17.7 Å². The predicted octanol–water partition coefficient (Wildman–Crippen LogP) is 4.40. The van der Waals surface area contributed by atoms with Gasteiger partial charge in [0, 0.05) is 49.7 Å². The van der Waals surface area contributed by atoms with Gasteiger partial charge in [0.05, 0.1) is 12.1 Å². The summed E-state index contributed by atoms with van der Waals surface area (Å²) in [6.07, 6.45) is 1.45. The number of fused-ring (bicyclic) bond motifs is 1. The highest BCUT2D eigenvalue weighted by Gasteiger charge is 2.42. The highest BCUT2D eigenvalue weighted by molar-refractivity contribution is 6.30. The summed E-state index contributed by atoms with van der Waals surface area (Å²) in [5, 5.41) is 10.1. The third-order valence-electron chi connectivity index (χ3n) is 8.04. The molecule has 244 valence electrons. The van der Waals surface area contributed by atoms with E-state index in [2.05, 4.69) is 46.8 Å². The summed E-state index contributed by atoms with van der Waals surface area (Å²) in [6, 6.07) is 13.8. The van der Waals surface area contributed by atoms with E-state index in [-0.39, 0.29) is 60.2 Å². The van der Waals surface area contributed by atoms with Crippen molar-refractivity contribution in [2.75, 3.05) is 20.1 Å². The van der Waals surface area contributed by atoms with Crippen molar-refractivity contribution in [2.24, 2.45) is 5.92 Å². The van der Waals surface area contributed by atoms with Crippen molar-refractivity contribution in [3.05, 3.63) is 70.2 Å². The second-order valence-electron chi connectivity index (χ2n) is 13.2. The van der Waals surface area contributed by atoms with E-state index in [1.165, 1.54) is 5.56 Å². The fourth-order valence-electron chi connectivity index (χ4n) is 5.95. The van der Waals surface area contributed by atoms with Gasteiger partial charge in [0.25, 0.3) is 0 Å². The van der Waals surface area contributed by atoms with Gasteiger partial charge in [-0.2, -0.15) is 0 Å². The summed E-state index contributed by atoms with van der Waals surface area (Å²) in [4.78, 5) is 44.8. The van der Waals surface area contributed by atoms with Crippen LogP contribution in [0.15, 0.2) is 48.5 Å². The average molecular weight is 669 g/mol. The molecule has 0 saturated carbocycles. The van der Waals surface area contributed by atoms with Gasteiger partial charge in [0.1, 0.15) is 6.04 Å². The maximum absolute atomic E-state index is 14.1. The fraction of sp³-hybridized carbons (Fsp3) is 0.545. The lowest BCUT2D eigenvalue weighted by Crippen LogP contribution is -2.56. The van der Waals surface area contributed by atoms with Crippen molar-refractivity contribution < 1.29 is 14.4 Å². The van der Waals surface area contributed by atoms with Crippen molar-refractivity contribution in [1.82, 2.24) is 25.8 Å². The Labute approximate surface area is 279 Å². The number of likely N-dealkylation sites (tertiary alicyclic amines) is 1. The lowest BCUT2D eigenvalue weighted by atomic mass is 9.95. The SMILES string of the molecule is CC(C)CN1C[C@@H](N(C)C(=O)[C@@H](Cc2ccc(Cl)cc2)NC(=O)[C@H]2Cc3ccccc3CN2)C[C@H]1C(=O)NC(C)(C)C.Cl.Cl. The van der Waals surface area contributed by atoms with Crippen molar-refractivity contribution in [2.45, 2.75) is 90.1 Å². The van der Waals surface area contributed by atoms with Crippen LogP contribution in [0.4, 0.5) is 0 Å². The van der Waals surface area contributed by atoms with Crippen LogP contribution in [0.2, 0.25) is 5.02 Å². The van der Waals surface area contributed by atoms with E-state index in [0.717, 1.165) is 17.7 Å². The topological polar surface area (TPSA) is 93.8 Å². The second-order valence-corrected chi connectivity index (χ2v) is 13.7. The maximum atomic E-state index is 14.1. The summed E-state index contributed by atoms with van der Waals surface area (Å²) in [7, 11) is 1.79. The Morgan fingerprint density at radius 2 is 1.66 bits per heavy atom. The van der Waals surface area contributed by atoms with Gasteiger partial charge < -0.3 is 20.9 Å². The van der Waals surface area contributed by atoms with Crippen LogP contribution in [-0.2, 0) is 33.8 Å². The molecule has 8 nitrogen and oxygen atoms in total. The number of benzene rings is 2. The molecule has 11 heteroatoms. The third-order valence-corrected chi connectivity index (χ3v) is 8.29. The lowest BCUT2D eigenvalue weighted by molar-refractivity contribution is -0.137. The molecule has 4 rings (SSSR count). The molecule has 2 heterocycles. The molecule has 3 amide bonds. The third kappa shape index (κ3) is 10.1. The number of carbonyl (C=O) groups is 3. The van der Waals surface area contributed by atoms with Gasteiger partial charge in [-0.25, -0.2) is 0 Å². The number of hydrogen-bond acceptors (Lipinski definition) is 5. The van der Waals surface area contributed by atoms with Crippen LogP contribution in [0.3, 0.4) is 0 Å². The van der Waals surface area contributed by atoms with E-state index < -0.39 is 12.1 Å². The smallest absolute Gasteiger partial charge is 0.245 e. The van der Waals surface area contributed by atoms with Gasteiger partial charge in [-0.3, -0.25) is 19.3 Å². The molecule has 2 aromatic carbocycles. The standard InChI is InChI=1S/C33H46ClN5O3.2ClH/c1-21(2)19-39-20-26(17-29(39)31(41)37-33(3,4)5)38(6)32(42)28(15-22-11-13-25(34)14-12-22)36-30(40)27-16-23-9-7-8-10-24(23)18-35-27;;/h7-14,21,26-29,35H,15-20H2,1-6H3,(H,36,40)(H,37,41);2*1H/t26-,27+,28+,29-;;/m0../s1. The Morgan fingerprint density at radius 1 is 1.02 bits per heavy atom. The number of hydrogen-bond donors (Lipinski definition) is 3. The van der Waals surface area contributed by atoms with Gasteiger partial charge in [-0.05, 0) is 68.4 Å². The Hall–Kier alpha value is -2.36. The molecule has 0 aliphatic carbocycles. The molecule has 1 fully saturated rings. The van der Waals surface area contributed by atoms with Gasteiger partial charge >= 0.3 is 0 Å². The molecule has 2 aromatic rings. The molecule has 0 aromatic heterocycles. The van der Waals surface area contributed by atoms with Gasteiger partial charge in [-0.1, -0.05) is 61.8 Å². The van der Waals surface area contributed by atoms with E-state index in [9.17, 15) is 14.4 Å². The van der Waals surface area contributed by atoms with Gasteiger partial charge in [0.15, 0.2) is 0 Å². The molecular weight excluding hydrogens is 621 g/mol. The lowest BCUT2D eigenvalue weighted by Gasteiger charge is -2.31. The van der Waals surface area contributed by atoms with E-state index in [1.54, 1.807) is 24.1 Å². The Morgan fingerprint density at radius 3 is 2.27 bits per heavy atom. The molecule has 2 aliphatic heterocycles. The minimum Gasteiger partial charge on any atom is -0.350 e. The zero-order valence-electron chi connectivity index (χ0n) is 26.6. The fourth-order valence-corrected chi connectivity index (χ4v) is 6.08. The quantitative estimate of drug-likeness (QED) is 0.369. The summed E-state index contributed by atoms with van der Waals surface area (Å²) in [6.45, 7) is 12.2. The zero-order chi connectivity index (χ0) is 30.6. The molecule has 2 aliphatic rings. The van der Waals surface area contributed by atoms with E-state index >= 15 is 0 Å². The van der Waals surface area contributed by atoms with Gasteiger partial charge in [-0.15, -0.1) is 24.8 Å². The molecule has 4 atom stereocenters. The number of nitrogens with one attached hydrogen (secondary N) is 3. The van der Waals surface area contributed by atoms with Crippen molar-refractivity contribution in [1.29, 1.82) is 0 Å². The first-order valence-corrected chi connectivity index (χ1v) is 15.4.